The smallest absolute Gasteiger partial charge is 0.354 e. The Morgan fingerprint density at radius 1 is 0.157 bits per heavy atom. The SMILES string of the molecule is CC(C)(C)c1ccc2c3ccc(C(C)(C)C)cc3c3nc4c(nc3c2c1)-c1nc-4nc2[n-]c(nc3nc(nc4[n-]c(n1)c1nc5c6cc(C(C)(C)C)ccc6c6ccc(C(C)(C)C)cc6c5nc41)-c1nc4c5cc(C(C)(C)C)ccc5c5ccc(C(C)(C)C)cc5c4nc1-3)c1nc3c4cc(C(C)(C)C)ccc4c4ccc(C(C)(C)C)cc4c3nc21.[Cu+2]. The van der Waals surface area contributed by atoms with Gasteiger partial charge >= 0.3 is 17.1 Å². The van der Waals surface area contributed by atoms with Crippen LogP contribution >= 0.6 is 0 Å². The molecule has 7 aromatic heterocycles. The summed E-state index contributed by atoms with van der Waals surface area (Å²) < 4.78 is 0. The van der Waals surface area contributed by atoms with Crippen LogP contribution in [0.3, 0.4) is 0 Å². The van der Waals surface area contributed by atoms with E-state index < -0.39 is 0 Å². The zero-order chi connectivity index (χ0) is 84.0. The summed E-state index contributed by atoms with van der Waals surface area (Å²) in [4.78, 5) is 92.2. The number of hydrogen-bond acceptors (Lipinski definition) is 14. The Hall–Kier alpha value is -12.0. The molecule has 8 bridgehead atoms. The van der Waals surface area contributed by atoms with E-state index >= 15 is 0 Å². The van der Waals surface area contributed by atoms with E-state index in [4.69, 9.17) is 79.7 Å². The first-order valence-electron chi connectivity index (χ1n) is 42.1. The van der Waals surface area contributed by atoms with E-state index in [-0.39, 0.29) is 106 Å². The van der Waals surface area contributed by atoms with Crippen molar-refractivity contribution in [2.75, 3.05) is 0 Å². The zero-order valence-electron chi connectivity index (χ0n) is 73.3. The molecule has 0 saturated carbocycles. The van der Waals surface area contributed by atoms with Crippen LogP contribution in [0.4, 0.5) is 0 Å². The number of benzene rings is 12. The second-order valence-electron chi connectivity index (χ2n) is 42.0. The number of hydrogen-bond donors (Lipinski definition) is 0. The van der Waals surface area contributed by atoms with Crippen molar-refractivity contribution in [3.8, 4) is 46.1 Å². The Kier molecular flexibility index (Phi) is 16.4. The normalized spacial score (nSPS) is 13.6. The van der Waals surface area contributed by atoms with Gasteiger partial charge in [0, 0.05) is 65.7 Å². The van der Waals surface area contributed by atoms with Crippen molar-refractivity contribution >= 4 is 175 Å². The van der Waals surface area contributed by atoms with Crippen molar-refractivity contribution in [3.05, 3.63) is 190 Å². The van der Waals surface area contributed by atoms with E-state index in [1.807, 2.05) is 0 Å². The van der Waals surface area contributed by atoms with Gasteiger partial charge in [-0.2, -0.15) is 0 Å². The summed E-state index contributed by atoms with van der Waals surface area (Å²) in [5.74, 6) is 0.811. The van der Waals surface area contributed by atoms with Crippen LogP contribution in [0.5, 0.6) is 0 Å². The topological polar surface area (TPSA) is 209 Å². The quantitative estimate of drug-likeness (QED) is 0.102. The number of rotatable bonds is 0. The molecule has 16 nitrogen and oxygen atoms in total. The molecule has 0 aliphatic carbocycles. The summed E-state index contributed by atoms with van der Waals surface area (Å²) in [5, 5.41) is 16.0. The summed E-state index contributed by atoms with van der Waals surface area (Å²) in [6.07, 6.45) is 0. The number of aromatic nitrogens is 16. The first-order valence-corrected chi connectivity index (χ1v) is 42.1. The molecule has 0 saturated heterocycles. The van der Waals surface area contributed by atoms with Gasteiger partial charge in [-0.1, -0.05) is 263 Å². The molecule has 0 N–H and O–H groups in total. The molecule has 2 aliphatic heterocycles. The Bertz CT molecular complexity index is 7180. The van der Waals surface area contributed by atoms with Gasteiger partial charge in [0.15, 0.2) is 0 Å². The van der Waals surface area contributed by atoms with Gasteiger partial charge in [0.05, 0.1) is 44.1 Å². The number of fused-ring (bicyclic) bond motifs is 44. The molecule has 1 radical (unpaired) electrons. The van der Waals surface area contributed by atoms with E-state index in [9.17, 15) is 0 Å². The molecule has 0 atom stereocenters. The van der Waals surface area contributed by atoms with E-state index in [2.05, 4.69) is 312 Å². The second kappa shape index (κ2) is 25.5. The second-order valence-corrected chi connectivity index (χ2v) is 42.0. The third-order valence-corrected chi connectivity index (χ3v) is 25.3. The minimum absolute atomic E-state index is 0. The predicted octanol–water partition coefficient (Wildman–Crippen LogP) is 25.5. The molecule has 0 spiro atoms. The van der Waals surface area contributed by atoms with Gasteiger partial charge in [0.25, 0.3) is 0 Å². The summed E-state index contributed by atoms with van der Waals surface area (Å²) >= 11 is 0. The van der Waals surface area contributed by atoms with Crippen LogP contribution < -0.4 is 9.97 Å². The fraction of sp³-hybridized carbons (Fsp3) is 0.308. The Labute approximate surface area is 712 Å². The van der Waals surface area contributed by atoms with Gasteiger partial charge in [-0.25, -0.2) is 49.8 Å². The summed E-state index contributed by atoms with van der Waals surface area (Å²) in [6, 6.07) is 54.2. The van der Waals surface area contributed by atoms with Gasteiger partial charge in [-0.05, 0) is 179 Å². The Balaban J connectivity index is 0.00000933. The molecule has 17 heteroatoms. The molecule has 0 unspecified atom stereocenters. The third kappa shape index (κ3) is 12.1. The molecule has 9 heterocycles. The van der Waals surface area contributed by atoms with Gasteiger partial charge in [0.2, 0.25) is 0 Å². The molecule has 603 valence electrons. The molecule has 12 aromatic carbocycles. The largest absolute Gasteiger partial charge is 2.00 e. The minimum Gasteiger partial charge on any atom is -0.354 e. The Morgan fingerprint density at radius 3 is 0.438 bits per heavy atom. The van der Waals surface area contributed by atoms with Gasteiger partial charge < -0.3 is 29.9 Å². The zero-order valence-corrected chi connectivity index (χ0v) is 74.3. The van der Waals surface area contributed by atoms with Crippen molar-refractivity contribution in [2.45, 2.75) is 209 Å². The van der Waals surface area contributed by atoms with E-state index in [0.29, 0.717) is 89.0 Å². The van der Waals surface area contributed by atoms with Gasteiger partial charge in [-0.15, -0.1) is 0 Å². The van der Waals surface area contributed by atoms with Crippen LogP contribution in [0, 0.1) is 0 Å². The summed E-state index contributed by atoms with van der Waals surface area (Å²) in [5.41, 5.74) is 17.0. The maximum atomic E-state index is 5.87. The average Bonchev–Trinajstić information content (AvgIpc) is 1.66. The first-order chi connectivity index (χ1) is 56.4. The fourth-order valence-electron chi connectivity index (χ4n) is 17.9. The molecular weight excluding hydrogens is 1540 g/mol. The van der Waals surface area contributed by atoms with E-state index in [0.717, 1.165) is 131 Å². The minimum atomic E-state index is -0.210. The predicted molar refractivity (Wildman–Crippen MR) is 496 cm³/mol. The van der Waals surface area contributed by atoms with Crippen molar-refractivity contribution < 1.29 is 17.1 Å². The Morgan fingerprint density at radius 2 is 0.298 bits per heavy atom. The number of nitrogens with zero attached hydrogens (tertiary/aromatic N) is 16. The van der Waals surface area contributed by atoms with Crippen LogP contribution in [0.15, 0.2) is 146 Å². The molecular formula is C104H96CuN16. The third-order valence-electron chi connectivity index (χ3n) is 25.3. The van der Waals surface area contributed by atoms with Gasteiger partial charge in [0.1, 0.15) is 68.1 Å². The van der Waals surface area contributed by atoms with Crippen LogP contribution in [0.1, 0.15) is 211 Å². The van der Waals surface area contributed by atoms with Gasteiger partial charge in [-0.3, -0.25) is 0 Å². The molecule has 21 rings (SSSR count). The van der Waals surface area contributed by atoms with Crippen molar-refractivity contribution in [3.63, 3.8) is 0 Å². The first kappa shape index (κ1) is 77.6. The average molecular weight is 1630 g/mol. The van der Waals surface area contributed by atoms with Crippen LogP contribution in [0.25, 0.3) is 221 Å². The van der Waals surface area contributed by atoms with Crippen molar-refractivity contribution in [1.29, 1.82) is 0 Å². The van der Waals surface area contributed by atoms with Crippen molar-refractivity contribution in [2.24, 2.45) is 0 Å². The molecule has 0 amide bonds. The molecule has 121 heavy (non-hydrogen) atoms. The summed E-state index contributed by atoms with van der Waals surface area (Å²) in [6.45, 7) is 53.9. The van der Waals surface area contributed by atoms with Crippen LogP contribution in [-0.2, 0) is 60.4 Å². The standard InChI is InChI=1S/C104H96N16.Cu/c1-97(2,3)49-25-33-57-58-34-26-50(98(4,5)6)42-66(58)74-73(65(57)41-49)105-81-82(106-74)90-113-89(81)117-91-83-84(108-76-68-44-52(100(10,11)12)28-36-60(68)59-35-27-51(99(7,8)9)43-67(59)75(76)107-83)93(114-91)119-95-87-88(112-80-72-48-56(104(22,23)24)32-40-64(72)63-39-31-55(103(19,20)21)47-71(63)79(80)111-87)96(116-95)120-94-86-85(92(115-94)118-90)109-77-69-45-53(101(13,14)15)29-37-61(69)62-38-30-54(102(16,17)18)46-70(62)78(77)110-86;/h25-48H,1-24H3;/q-2;+2. The molecule has 0 fully saturated rings. The van der Waals surface area contributed by atoms with Crippen LogP contribution in [-0.4, -0.2) is 69.8 Å². The van der Waals surface area contributed by atoms with Crippen molar-refractivity contribution in [1.82, 2.24) is 79.7 Å². The molecule has 19 aromatic rings. The fourth-order valence-corrected chi connectivity index (χ4v) is 17.9. The monoisotopic (exact) mass is 1630 g/mol. The van der Waals surface area contributed by atoms with E-state index in [1.165, 1.54) is 0 Å². The van der Waals surface area contributed by atoms with Crippen LogP contribution in [0.2, 0.25) is 0 Å². The van der Waals surface area contributed by atoms with E-state index in [1.54, 1.807) is 0 Å². The summed E-state index contributed by atoms with van der Waals surface area (Å²) in [7, 11) is 0. The molecule has 2 aliphatic rings. The maximum Gasteiger partial charge on any atom is 2.00 e. The maximum absolute atomic E-state index is 5.87.